The Labute approximate surface area is 95.1 Å². The fraction of sp³-hybridized carbons (Fsp3) is 0.500. The molecule has 88 valence electrons. The van der Waals surface area contributed by atoms with Crippen LogP contribution in [0.1, 0.15) is 41.9 Å². The Balaban J connectivity index is 3.05. The molecule has 0 saturated heterocycles. The van der Waals surface area contributed by atoms with Crippen molar-refractivity contribution in [2.24, 2.45) is 0 Å². The lowest BCUT2D eigenvalue weighted by atomic mass is 10.1. The highest BCUT2D eigenvalue weighted by Gasteiger charge is 2.15. The molecule has 1 rings (SSSR count). The van der Waals surface area contributed by atoms with Gasteiger partial charge in [0.2, 0.25) is 0 Å². The lowest BCUT2D eigenvalue weighted by molar-refractivity contribution is 0.0937. The minimum Gasteiger partial charge on any atom is -0.349 e. The van der Waals surface area contributed by atoms with Crippen molar-refractivity contribution in [1.82, 2.24) is 10.3 Å². The molecule has 0 fully saturated rings. The molecule has 1 aromatic heterocycles. The standard InChI is InChI=1S/C12H18N2O2/c1-5-8(3)13-11(15)10-7(2)6-9(4)14-12(10)16/h6,8H,5H2,1-4H3,(H,13,15)(H,14,16). The topological polar surface area (TPSA) is 62.0 Å². The summed E-state index contributed by atoms with van der Waals surface area (Å²) in [6, 6.07) is 1.88. The Hall–Kier alpha value is -1.58. The molecule has 1 aromatic rings. The highest BCUT2D eigenvalue weighted by atomic mass is 16.2. The zero-order chi connectivity index (χ0) is 12.3. The number of amides is 1. The lowest BCUT2D eigenvalue weighted by Crippen LogP contribution is -2.36. The summed E-state index contributed by atoms with van der Waals surface area (Å²) in [7, 11) is 0. The molecule has 0 bridgehead atoms. The summed E-state index contributed by atoms with van der Waals surface area (Å²) in [6.07, 6.45) is 0.842. The molecule has 4 heteroatoms. The van der Waals surface area contributed by atoms with Crippen molar-refractivity contribution in [3.8, 4) is 0 Å². The van der Waals surface area contributed by atoms with Crippen LogP contribution in [0.3, 0.4) is 0 Å². The molecule has 1 heterocycles. The first kappa shape index (κ1) is 12.5. The molecule has 1 unspecified atom stereocenters. The van der Waals surface area contributed by atoms with E-state index in [1.807, 2.05) is 13.8 Å². The normalized spacial score (nSPS) is 12.2. The molecule has 0 aliphatic heterocycles. The molecule has 16 heavy (non-hydrogen) atoms. The lowest BCUT2D eigenvalue weighted by Gasteiger charge is -2.12. The Kier molecular flexibility index (Phi) is 3.88. The number of rotatable bonds is 3. The summed E-state index contributed by atoms with van der Waals surface area (Å²) in [4.78, 5) is 26.1. The van der Waals surface area contributed by atoms with E-state index in [4.69, 9.17) is 0 Å². The highest BCUT2D eigenvalue weighted by Crippen LogP contribution is 2.04. The molecule has 1 atom stereocenters. The monoisotopic (exact) mass is 222 g/mol. The maximum Gasteiger partial charge on any atom is 0.261 e. The predicted octanol–water partition coefficient (Wildman–Crippen LogP) is 1.52. The minimum absolute atomic E-state index is 0.0765. The SMILES string of the molecule is CCC(C)NC(=O)c1c(C)cc(C)[nH]c1=O. The first-order valence-electron chi connectivity index (χ1n) is 5.47. The van der Waals surface area contributed by atoms with Gasteiger partial charge in [-0.05, 0) is 38.8 Å². The van der Waals surface area contributed by atoms with Crippen LogP contribution >= 0.6 is 0 Å². The van der Waals surface area contributed by atoms with Gasteiger partial charge in [-0.2, -0.15) is 0 Å². The maximum atomic E-state index is 11.8. The predicted molar refractivity (Wildman–Crippen MR) is 63.8 cm³/mol. The highest BCUT2D eigenvalue weighted by molar-refractivity contribution is 5.95. The van der Waals surface area contributed by atoms with Crippen LogP contribution in [0.5, 0.6) is 0 Å². The van der Waals surface area contributed by atoms with E-state index >= 15 is 0 Å². The molecule has 2 N–H and O–H groups in total. The van der Waals surface area contributed by atoms with E-state index in [1.54, 1.807) is 19.9 Å². The molecule has 0 radical (unpaired) electrons. The number of carbonyl (C=O) groups is 1. The Morgan fingerprint density at radius 1 is 1.50 bits per heavy atom. The third kappa shape index (κ3) is 2.72. The van der Waals surface area contributed by atoms with Gasteiger partial charge < -0.3 is 10.3 Å². The molecular formula is C12H18N2O2. The van der Waals surface area contributed by atoms with Gasteiger partial charge in [0.05, 0.1) is 0 Å². The maximum absolute atomic E-state index is 11.8. The second-order valence-corrected chi connectivity index (χ2v) is 4.12. The number of aromatic nitrogens is 1. The van der Waals surface area contributed by atoms with Gasteiger partial charge in [-0.3, -0.25) is 9.59 Å². The molecule has 0 aliphatic carbocycles. The van der Waals surface area contributed by atoms with Gasteiger partial charge in [-0.1, -0.05) is 6.92 Å². The fourth-order valence-corrected chi connectivity index (χ4v) is 1.53. The van der Waals surface area contributed by atoms with Crippen molar-refractivity contribution < 1.29 is 4.79 Å². The van der Waals surface area contributed by atoms with Crippen molar-refractivity contribution in [2.45, 2.75) is 40.2 Å². The number of hydrogen-bond acceptors (Lipinski definition) is 2. The van der Waals surface area contributed by atoms with Crippen molar-refractivity contribution >= 4 is 5.91 Å². The van der Waals surface area contributed by atoms with Crippen molar-refractivity contribution in [3.05, 3.63) is 33.2 Å². The summed E-state index contributed by atoms with van der Waals surface area (Å²) in [5, 5.41) is 2.79. The minimum atomic E-state index is -0.321. The van der Waals surface area contributed by atoms with Crippen LogP contribution in [0.15, 0.2) is 10.9 Å². The van der Waals surface area contributed by atoms with Crippen LogP contribution < -0.4 is 10.9 Å². The van der Waals surface area contributed by atoms with Crippen LogP contribution in [0.4, 0.5) is 0 Å². The number of H-pyrrole nitrogens is 1. The van der Waals surface area contributed by atoms with Crippen molar-refractivity contribution in [2.75, 3.05) is 0 Å². The Bertz CT molecular complexity index is 449. The summed E-state index contributed by atoms with van der Waals surface area (Å²) in [5.74, 6) is -0.298. The summed E-state index contributed by atoms with van der Waals surface area (Å²) >= 11 is 0. The van der Waals surface area contributed by atoms with Crippen LogP contribution in [-0.2, 0) is 0 Å². The largest absolute Gasteiger partial charge is 0.349 e. The average molecular weight is 222 g/mol. The third-order valence-corrected chi connectivity index (χ3v) is 2.58. The van der Waals surface area contributed by atoms with Gasteiger partial charge in [0, 0.05) is 11.7 Å². The molecule has 4 nitrogen and oxygen atoms in total. The quantitative estimate of drug-likeness (QED) is 0.814. The second kappa shape index (κ2) is 4.96. The number of hydrogen-bond donors (Lipinski definition) is 2. The number of pyridine rings is 1. The molecule has 0 aromatic carbocycles. The average Bonchev–Trinajstić information content (AvgIpc) is 2.15. The number of aryl methyl sites for hydroxylation is 2. The van der Waals surface area contributed by atoms with E-state index in [2.05, 4.69) is 10.3 Å². The molecule has 1 amide bonds. The zero-order valence-corrected chi connectivity index (χ0v) is 10.2. The van der Waals surface area contributed by atoms with Crippen LogP contribution in [-0.4, -0.2) is 16.9 Å². The second-order valence-electron chi connectivity index (χ2n) is 4.12. The van der Waals surface area contributed by atoms with E-state index in [-0.39, 0.29) is 23.1 Å². The molecule has 0 saturated carbocycles. The smallest absolute Gasteiger partial charge is 0.261 e. The van der Waals surface area contributed by atoms with Crippen molar-refractivity contribution in [1.29, 1.82) is 0 Å². The van der Waals surface area contributed by atoms with Crippen molar-refractivity contribution in [3.63, 3.8) is 0 Å². The molecule has 0 aliphatic rings. The third-order valence-electron chi connectivity index (χ3n) is 2.58. The Morgan fingerprint density at radius 2 is 2.12 bits per heavy atom. The van der Waals surface area contributed by atoms with Gasteiger partial charge >= 0.3 is 0 Å². The van der Waals surface area contributed by atoms with Gasteiger partial charge in [-0.15, -0.1) is 0 Å². The molecule has 0 spiro atoms. The van der Waals surface area contributed by atoms with Gasteiger partial charge in [-0.25, -0.2) is 0 Å². The number of aromatic amines is 1. The van der Waals surface area contributed by atoms with E-state index in [9.17, 15) is 9.59 Å². The number of carbonyl (C=O) groups excluding carboxylic acids is 1. The molecular weight excluding hydrogens is 204 g/mol. The fourth-order valence-electron chi connectivity index (χ4n) is 1.53. The van der Waals surface area contributed by atoms with Crippen LogP contribution in [0, 0.1) is 13.8 Å². The van der Waals surface area contributed by atoms with E-state index in [0.29, 0.717) is 5.56 Å². The zero-order valence-electron chi connectivity index (χ0n) is 10.2. The summed E-state index contributed by atoms with van der Waals surface area (Å²) in [5.41, 5.74) is 1.37. The van der Waals surface area contributed by atoms with Gasteiger partial charge in [0.15, 0.2) is 0 Å². The van der Waals surface area contributed by atoms with Crippen LogP contribution in [0.25, 0.3) is 0 Å². The van der Waals surface area contributed by atoms with Gasteiger partial charge in [0.25, 0.3) is 11.5 Å². The first-order valence-corrected chi connectivity index (χ1v) is 5.47. The van der Waals surface area contributed by atoms with Gasteiger partial charge in [0.1, 0.15) is 5.56 Å². The number of nitrogens with one attached hydrogen (secondary N) is 2. The summed E-state index contributed by atoms with van der Waals surface area (Å²) in [6.45, 7) is 7.46. The summed E-state index contributed by atoms with van der Waals surface area (Å²) < 4.78 is 0. The van der Waals surface area contributed by atoms with E-state index in [1.165, 1.54) is 0 Å². The van der Waals surface area contributed by atoms with E-state index < -0.39 is 0 Å². The Morgan fingerprint density at radius 3 is 2.62 bits per heavy atom. The first-order chi connectivity index (χ1) is 7.45. The van der Waals surface area contributed by atoms with Crippen LogP contribution in [0.2, 0.25) is 0 Å². The van der Waals surface area contributed by atoms with E-state index in [0.717, 1.165) is 12.1 Å².